The van der Waals surface area contributed by atoms with Crippen LogP contribution in [0, 0.1) is 5.82 Å². The van der Waals surface area contributed by atoms with E-state index in [1.807, 2.05) is 44.2 Å². The Balaban J connectivity index is 1.61. The van der Waals surface area contributed by atoms with E-state index in [0.717, 1.165) is 5.56 Å². The monoisotopic (exact) mass is 446 g/mol. The lowest BCUT2D eigenvalue weighted by molar-refractivity contribution is -0.117. The molecule has 0 spiro atoms. The highest BCUT2D eigenvalue weighted by atomic mass is 19.1. The van der Waals surface area contributed by atoms with Crippen LogP contribution in [0.4, 0.5) is 10.3 Å². The number of halogens is 1. The molecule has 0 saturated heterocycles. The Morgan fingerprint density at radius 3 is 2.42 bits per heavy atom. The van der Waals surface area contributed by atoms with Crippen molar-refractivity contribution in [2.75, 3.05) is 11.9 Å². The lowest BCUT2D eigenvalue weighted by Crippen LogP contribution is -2.42. The number of aromatic nitrogens is 2. The summed E-state index contributed by atoms with van der Waals surface area (Å²) < 4.78 is 20.3. The van der Waals surface area contributed by atoms with Gasteiger partial charge < -0.3 is 9.32 Å². The molecular formula is C25H23FN4O3. The van der Waals surface area contributed by atoms with Crippen molar-refractivity contribution in [1.82, 2.24) is 14.5 Å². The van der Waals surface area contributed by atoms with E-state index in [2.05, 4.69) is 10.3 Å². The maximum Gasteiger partial charge on any atom is 0.290 e. The molecule has 7 nitrogen and oxygen atoms in total. The van der Waals surface area contributed by atoms with Gasteiger partial charge in [-0.3, -0.25) is 19.5 Å². The Labute approximate surface area is 190 Å². The second-order valence-corrected chi connectivity index (χ2v) is 7.71. The molecule has 8 heteroatoms. The zero-order valence-electron chi connectivity index (χ0n) is 18.2. The van der Waals surface area contributed by atoms with Crippen molar-refractivity contribution >= 4 is 17.8 Å². The lowest BCUT2D eigenvalue weighted by Gasteiger charge is -2.25. The van der Waals surface area contributed by atoms with Crippen molar-refractivity contribution in [1.29, 1.82) is 0 Å². The maximum absolute atomic E-state index is 13.5. The normalized spacial score (nSPS) is 10.9. The van der Waals surface area contributed by atoms with Crippen LogP contribution in [0.5, 0.6) is 0 Å². The second-order valence-electron chi connectivity index (χ2n) is 7.71. The Morgan fingerprint density at radius 1 is 1.06 bits per heavy atom. The van der Waals surface area contributed by atoms with E-state index in [0.29, 0.717) is 11.4 Å². The van der Waals surface area contributed by atoms with Gasteiger partial charge >= 0.3 is 0 Å². The molecule has 0 radical (unpaired) electrons. The Morgan fingerprint density at radius 2 is 1.79 bits per heavy atom. The van der Waals surface area contributed by atoms with Gasteiger partial charge in [-0.1, -0.05) is 30.3 Å². The standard InChI is InChI=1S/C25H23FN4O3/c1-17(2)29(24(32)22-9-6-14-33-22)16-23(31)28-25-27-21(18-7-4-3-5-8-18)15-30(25)20-12-10-19(26)11-13-20/h3-15,17H,16H2,1-2H3,(H,27,28,31). The Kier molecular flexibility index (Phi) is 6.35. The third-order valence-electron chi connectivity index (χ3n) is 5.06. The summed E-state index contributed by atoms with van der Waals surface area (Å²) in [6, 6.07) is 18.3. The van der Waals surface area contributed by atoms with E-state index >= 15 is 0 Å². The van der Waals surface area contributed by atoms with E-state index < -0.39 is 5.91 Å². The van der Waals surface area contributed by atoms with Crippen molar-refractivity contribution in [3.63, 3.8) is 0 Å². The van der Waals surface area contributed by atoms with Crippen molar-refractivity contribution in [3.05, 3.63) is 90.8 Å². The molecule has 2 aromatic heterocycles. The van der Waals surface area contributed by atoms with Gasteiger partial charge in [-0.25, -0.2) is 9.37 Å². The van der Waals surface area contributed by atoms with Crippen molar-refractivity contribution in [3.8, 4) is 16.9 Å². The summed E-state index contributed by atoms with van der Waals surface area (Å²) in [5, 5.41) is 2.79. The van der Waals surface area contributed by atoms with Crippen molar-refractivity contribution < 1.29 is 18.4 Å². The number of nitrogens with zero attached hydrogens (tertiary/aromatic N) is 3. The minimum absolute atomic E-state index is 0.163. The third kappa shape index (κ3) is 5.01. The highest BCUT2D eigenvalue weighted by Crippen LogP contribution is 2.24. The fourth-order valence-electron chi connectivity index (χ4n) is 3.36. The van der Waals surface area contributed by atoms with Gasteiger partial charge in [0.05, 0.1) is 12.0 Å². The quantitative estimate of drug-likeness (QED) is 0.444. The summed E-state index contributed by atoms with van der Waals surface area (Å²) in [4.78, 5) is 31.7. The molecule has 0 fully saturated rings. The number of nitrogens with one attached hydrogen (secondary N) is 1. The van der Waals surface area contributed by atoms with Crippen LogP contribution in [-0.4, -0.2) is 38.9 Å². The number of carbonyl (C=O) groups is 2. The van der Waals surface area contributed by atoms with Gasteiger partial charge in [-0.05, 0) is 50.2 Å². The van der Waals surface area contributed by atoms with Gasteiger partial charge in [0.2, 0.25) is 11.9 Å². The smallest absolute Gasteiger partial charge is 0.290 e. The molecule has 0 aliphatic carbocycles. The second kappa shape index (κ2) is 9.52. The molecule has 0 aliphatic heterocycles. The predicted molar refractivity (Wildman–Crippen MR) is 122 cm³/mol. The average Bonchev–Trinajstić information content (AvgIpc) is 3.49. The molecule has 4 aromatic rings. The van der Waals surface area contributed by atoms with Crippen LogP contribution in [-0.2, 0) is 4.79 Å². The first kappa shape index (κ1) is 22.0. The van der Waals surface area contributed by atoms with Crippen LogP contribution in [0.3, 0.4) is 0 Å². The summed E-state index contributed by atoms with van der Waals surface area (Å²) >= 11 is 0. The highest BCUT2D eigenvalue weighted by Gasteiger charge is 2.24. The molecule has 2 amide bonds. The summed E-state index contributed by atoms with van der Waals surface area (Å²) in [6.45, 7) is 3.45. The molecular weight excluding hydrogens is 423 g/mol. The zero-order chi connectivity index (χ0) is 23.4. The number of amides is 2. The molecule has 2 aromatic carbocycles. The van der Waals surface area contributed by atoms with E-state index in [-0.39, 0.29) is 36.0 Å². The van der Waals surface area contributed by atoms with Gasteiger partial charge in [-0.2, -0.15) is 0 Å². The molecule has 168 valence electrons. The SMILES string of the molecule is CC(C)N(CC(=O)Nc1nc(-c2ccccc2)cn1-c1ccc(F)cc1)C(=O)c1ccco1. The van der Waals surface area contributed by atoms with Gasteiger partial charge in [0, 0.05) is 23.5 Å². The van der Waals surface area contributed by atoms with Gasteiger partial charge in [0.25, 0.3) is 5.91 Å². The largest absolute Gasteiger partial charge is 0.459 e. The summed E-state index contributed by atoms with van der Waals surface area (Å²) in [7, 11) is 0. The van der Waals surface area contributed by atoms with E-state index in [4.69, 9.17) is 4.42 Å². The molecule has 33 heavy (non-hydrogen) atoms. The molecule has 0 aliphatic rings. The van der Waals surface area contributed by atoms with Gasteiger partial charge in [0.1, 0.15) is 12.4 Å². The fraction of sp³-hybridized carbons (Fsp3) is 0.160. The number of rotatable bonds is 7. The molecule has 0 atom stereocenters. The predicted octanol–water partition coefficient (Wildman–Crippen LogP) is 4.76. The van der Waals surface area contributed by atoms with Crippen molar-refractivity contribution in [2.24, 2.45) is 0 Å². The van der Waals surface area contributed by atoms with Crippen molar-refractivity contribution in [2.45, 2.75) is 19.9 Å². The minimum atomic E-state index is -0.419. The van der Waals surface area contributed by atoms with Crippen LogP contribution in [0.2, 0.25) is 0 Å². The molecule has 4 rings (SSSR count). The number of carbonyl (C=O) groups excluding carboxylic acids is 2. The number of anilines is 1. The topological polar surface area (TPSA) is 80.4 Å². The van der Waals surface area contributed by atoms with Crippen LogP contribution in [0.1, 0.15) is 24.4 Å². The maximum atomic E-state index is 13.5. The number of hydrogen-bond donors (Lipinski definition) is 1. The number of benzene rings is 2. The number of imidazole rings is 1. The first-order chi connectivity index (χ1) is 15.9. The Hall–Kier alpha value is -4.20. The Bertz CT molecular complexity index is 1230. The molecule has 0 unspecified atom stereocenters. The van der Waals surface area contributed by atoms with Crippen LogP contribution in [0.25, 0.3) is 16.9 Å². The summed E-state index contributed by atoms with van der Waals surface area (Å²) in [6.07, 6.45) is 3.18. The van der Waals surface area contributed by atoms with Crippen LogP contribution in [0.15, 0.2) is 83.6 Å². The minimum Gasteiger partial charge on any atom is -0.459 e. The molecule has 1 N–H and O–H groups in total. The molecule has 0 bridgehead atoms. The lowest BCUT2D eigenvalue weighted by atomic mass is 10.2. The molecule has 0 saturated carbocycles. The number of hydrogen-bond acceptors (Lipinski definition) is 4. The van der Waals surface area contributed by atoms with E-state index in [9.17, 15) is 14.0 Å². The first-order valence-corrected chi connectivity index (χ1v) is 10.5. The highest BCUT2D eigenvalue weighted by molar-refractivity contribution is 5.97. The van der Waals surface area contributed by atoms with Gasteiger partial charge in [-0.15, -0.1) is 0 Å². The van der Waals surface area contributed by atoms with Gasteiger partial charge in [0.15, 0.2) is 5.76 Å². The van der Waals surface area contributed by atoms with Crippen LogP contribution >= 0.6 is 0 Å². The molecule has 2 heterocycles. The van der Waals surface area contributed by atoms with Crippen LogP contribution < -0.4 is 5.32 Å². The summed E-state index contributed by atoms with van der Waals surface area (Å²) in [5.41, 5.74) is 2.14. The van der Waals surface area contributed by atoms with E-state index in [1.54, 1.807) is 35.0 Å². The zero-order valence-corrected chi connectivity index (χ0v) is 18.2. The van der Waals surface area contributed by atoms with E-state index in [1.165, 1.54) is 23.3 Å². The third-order valence-corrected chi connectivity index (χ3v) is 5.06. The average molecular weight is 446 g/mol. The summed E-state index contributed by atoms with van der Waals surface area (Å²) in [5.74, 6) is -0.735. The fourth-order valence-corrected chi connectivity index (χ4v) is 3.36. The first-order valence-electron chi connectivity index (χ1n) is 10.5. The number of furan rings is 1.